The molecule has 1 aliphatic heterocycles. The first-order valence-electron chi connectivity index (χ1n) is 14.3. The Morgan fingerprint density at radius 1 is 0.523 bits per heavy atom. The summed E-state index contributed by atoms with van der Waals surface area (Å²) in [5.74, 6) is -0.747. The number of hydrogen-bond acceptors (Lipinski definition) is 2. The first-order valence-corrected chi connectivity index (χ1v) is 14.3. The number of carbonyl (C=O) groups is 2. The SMILES string of the molecule is [C-]#[N+]c1ccc2c3ccccc3n(-c3cccc4c3C(=O)N(c3c(-c5ccccc5)cccc3-c3ccccc3)C4=O)c2c1. The Balaban J connectivity index is 1.40. The lowest BCUT2D eigenvalue weighted by atomic mass is 9.95. The lowest BCUT2D eigenvalue weighted by molar-refractivity contribution is 0.0926. The van der Waals surface area contributed by atoms with E-state index in [-0.39, 0.29) is 11.8 Å². The van der Waals surface area contributed by atoms with E-state index in [1.165, 1.54) is 4.90 Å². The van der Waals surface area contributed by atoms with Crippen LogP contribution >= 0.6 is 0 Å². The van der Waals surface area contributed by atoms with E-state index in [4.69, 9.17) is 6.57 Å². The van der Waals surface area contributed by atoms with Crippen molar-refractivity contribution in [3.63, 3.8) is 0 Å². The maximum Gasteiger partial charge on any atom is 0.268 e. The first kappa shape index (κ1) is 25.5. The minimum atomic E-state index is -0.381. The Morgan fingerprint density at radius 3 is 1.80 bits per heavy atom. The van der Waals surface area contributed by atoms with Gasteiger partial charge in [0.25, 0.3) is 11.8 Å². The molecule has 1 aliphatic rings. The van der Waals surface area contributed by atoms with Gasteiger partial charge in [0.05, 0.1) is 34.6 Å². The molecule has 0 fully saturated rings. The van der Waals surface area contributed by atoms with E-state index in [2.05, 4.69) is 4.85 Å². The van der Waals surface area contributed by atoms with Crippen LogP contribution in [0, 0.1) is 6.57 Å². The average Bonchev–Trinajstić information content (AvgIpc) is 3.55. The van der Waals surface area contributed by atoms with Crippen molar-refractivity contribution >= 4 is 45.0 Å². The van der Waals surface area contributed by atoms with Crippen molar-refractivity contribution in [1.82, 2.24) is 4.57 Å². The van der Waals surface area contributed by atoms with E-state index in [9.17, 15) is 9.59 Å². The summed E-state index contributed by atoms with van der Waals surface area (Å²) < 4.78 is 2.01. The average molecular weight is 566 g/mol. The van der Waals surface area contributed by atoms with Gasteiger partial charge < -0.3 is 4.57 Å². The lowest BCUT2D eigenvalue weighted by Crippen LogP contribution is -2.30. The molecule has 206 valence electrons. The zero-order valence-electron chi connectivity index (χ0n) is 23.4. The molecule has 5 nitrogen and oxygen atoms in total. The molecule has 0 N–H and O–H groups in total. The van der Waals surface area contributed by atoms with Gasteiger partial charge in [-0.05, 0) is 35.4 Å². The zero-order valence-corrected chi connectivity index (χ0v) is 23.4. The molecular formula is C39H23N3O2. The third-order valence-corrected chi connectivity index (χ3v) is 8.35. The Kier molecular flexibility index (Phi) is 5.75. The highest BCUT2D eigenvalue weighted by Crippen LogP contribution is 2.44. The van der Waals surface area contributed by atoms with Gasteiger partial charge in [-0.2, -0.15) is 0 Å². The van der Waals surface area contributed by atoms with Gasteiger partial charge >= 0.3 is 0 Å². The van der Waals surface area contributed by atoms with E-state index >= 15 is 0 Å². The number of imide groups is 1. The first-order chi connectivity index (χ1) is 21.7. The minimum Gasteiger partial charge on any atom is -0.310 e. The van der Waals surface area contributed by atoms with Crippen LogP contribution in [-0.2, 0) is 0 Å². The normalized spacial score (nSPS) is 12.6. The summed E-state index contributed by atoms with van der Waals surface area (Å²) in [5.41, 5.74) is 7.46. The number of fused-ring (bicyclic) bond motifs is 4. The van der Waals surface area contributed by atoms with Crippen LogP contribution in [0.25, 0.3) is 54.6 Å². The summed E-state index contributed by atoms with van der Waals surface area (Å²) >= 11 is 0. The summed E-state index contributed by atoms with van der Waals surface area (Å²) in [5, 5.41) is 1.98. The van der Waals surface area contributed by atoms with Crippen LogP contribution < -0.4 is 4.90 Å². The lowest BCUT2D eigenvalue weighted by Gasteiger charge is -2.23. The molecule has 0 saturated heterocycles. The number of para-hydroxylation sites is 2. The van der Waals surface area contributed by atoms with Gasteiger partial charge in [0.15, 0.2) is 5.69 Å². The van der Waals surface area contributed by atoms with Crippen LogP contribution in [0.4, 0.5) is 11.4 Å². The molecule has 0 saturated carbocycles. The Morgan fingerprint density at radius 2 is 1.11 bits per heavy atom. The monoisotopic (exact) mass is 565 g/mol. The third kappa shape index (κ3) is 3.72. The Hall–Kier alpha value is -6.25. The van der Waals surface area contributed by atoms with Gasteiger partial charge in [-0.3, -0.25) is 9.59 Å². The fourth-order valence-electron chi connectivity index (χ4n) is 6.43. The number of anilines is 1. The largest absolute Gasteiger partial charge is 0.310 e. The Bertz CT molecular complexity index is 2270. The molecule has 0 aliphatic carbocycles. The molecule has 5 heteroatoms. The number of aromatic nitrogens is 1. The molecule has 44 heavy (non-hydrogen) atoms. The second-order valence-electron chi connectivity index (χ2n) is 10.7. The number of carbonyl (C=O) groups excluding carboxylic acids is 2. The summed E-state index contributed by atoms with van der Waals surface area (Å²) in [6.45, 7) is 7.62. The molecule has 7 aromatic rings. The molecule has 8 rings (SSSR count). The maximum absolute atomic E-state index is 14.7. The minimum absolute atomic E-state index is 0.343. The van der Waals surface area contributed by atoms with Gasteiger partial charge in [-0.1, -0.05) is 115 Å². The van der Waals surface area contributed by atoms with Crippen molar-refractivity contribution < 1.29 is 9.59 Å². The summed E-state index contributed by atoms with van der Waals surface area (Å²) in [7, 11) is 0. The second-order valence-corrected chi connectivity index (χ2v) is 10.7. The number of benzene rings is 6. The van der Waals surface area contributed by atoms with Crippen LogP contribution in [0.3, 0.4) is 0 Å². The number of hydrogen-bond donors (Lipinski definition) is 0. The summed E-state index contributed by atoms with van der Waals surface area (Å²) in [4.78, 5) is 34.1. The van der Waals surface area contributed by atoms with Gasteiger partial charge in [0.2, 0.25) is 0 Å². The molecule has 0 unspecified atom stereocenters. The predicted octanol–water partition coefficient (Wildman–Crippen LogP) is 9.47. The standard InChI is InChI=1S/C39H23N3O2/c1-40-27-22-23-31-30-16-8-9-20-33(30)41(35(31)24-27)34-21-11-19-32-36(34)39(44)42(38(32)43)37-28(25-12-4-2-5-13-25)17-10-18-29(37)26-14-6-3-7-15-26/h2-24H. The molecule has 6 aromatic carbocycles. The van der Waals surface area contributed by atoms with Crippen molar-refractivity contribution in [3.05, 3.63) is 162 Å². The van der Waals surface area contributed by atoms with Crippen LogP contribution in [0.5, 0.6) is 0 Å². The molecule has 0 radical (unpaired) electrons. The van der Waals surface area contributed by atoms with Crippen molar-refractivity contribution in [2.24, 2.45) is 0 Å². The zero-order chi connectivity index (χ0) is 29.8. The highest BCUT2D eigenvalue weighted by molar-refractivity contribution is 6.37. The van der Waals surface area contributed by atoms with Gasteiger partial charge in [0.1, 0.15) is 0 Å². The maximum atomic E-state index is 14.7. The van der Waals surface area contributed by atoms with Gasteiger partial charge in [0, 0.05) is 27.4 Å². The number of nitrogens with zero attached hydrogens (tertiary/aromatic N) is 3. The van der Waals surface area contributed by atoms with Gasteiger partial charge in [-0.15, -0.1) is 0 Å². The Labute approximate surface area is 253 Å². The number of rotatable bonds is 4. The van der Waals surface area contributed by atoms with Crippen LogP contribution in [0.15, 0.2) is 140 Å². The molecule has 1 aromatic heterocycles. The molecule has 0 bridgehead atoms. The van der Waals surface area contributed by atoms with E-state index in [1.807, 2.05) is 138 Å². The smallest absolute Gasteiger partial charge is 0.268 e. The van der Waals surface area contributed by atoms with Crippen LogP contribution in [0.2, 0.25) is 0 Å². The highest BCUT2D eigenvalue weighted by atomic mass is 16.2. The molecule has 0 spiro atoms. The van der Waals surface area contributed by atoms with Crippen molar-refractivity contribution in [1.29, 1.82) is 0 Å². The van der Waals surface area contributed by atoms with Gasteiger partial charge in [-0.25, -0.2) is 9.74 Å². The molecular weight excluding hydrogens is 542 g/mol. The summed E-state index contributed by atoms with van der Waals surface area (Å²) in [6.07, 6.45) is 0. The van der Waals surface area contributed by atoms with Crippen LogP contribution in [0.1, 0.15) is 20.7 Å². The van der Waals surface area contributed by atoms with Crippen molar-refractivity contribution in [2.75, 3.05) is 4.90 Å². The fourth-order valence-corrected chi connectivity index (χ4v) is 6.43. The topological polar surface area (TPSA) is 46.7 Å². The summed E-state index contributed by atoms with van der Waals surface area (Å²) in [6, 6.07) is 44.6. The van der Waals surface area contributed by atoms with Crippen molar-refractivity contribution in [2.45, 2.75) is 0 Å². The molecule has 2 heterocycles. The highest BCUT2D eigenvalue weighted by Gasteiger charge is 2.41. The molecule has 0 atom stereocenters. The quantitative estimate of drug-likeness (QED) is 0.158. The van der Waals surface area contributed by atoms with E-state index in [0.29, 0.717) is 28.2 Å². The van der Waals surface area contributed by atoms with E-state index in [0.717, 1.165) is 44.1 Å². The second kappa shape index (κ2) is 9.94. The van der Waals surface area contributed by atoms with E-state index < -0.39 is 0 Å². The fraction of sp³-hybridized carbons (Fsp3) is 0. The third-order valence-electron chi connectivity index (χ3n) is 8.35. The van der Waals surface area contributed by atoms with Crippen LogP contribution in [-0.4, -0.2) is 16.4 Å². The number of amides is 2. The van der Waals surface area contributed by atoms with E-state index in [1.54, 1.807) is 6.07 Å². The molecule has 2 amide bonds. The van der Waals surface area contributed by atoms with Crippen molar-refractivity contribution in [3.8, 4) is 27.9 Å². The predicted molar refractivity (Wildman–Crippen MR) is 175 cm³/mol.